The lowest BCUT2D eigenvalue weighted by Gasteiger charge is -2.43. The van der Waals surface area contributed by atoms with Crippen molar-refractivity contribution in [2.75, 3.05) is 12.4 Å². The number of carbonyl (C=O) groups excluding carboxylic acids is 4. The summed E-state index contributed by atoms with van der Waals surface area (Å²) in [7, 11) is 1.36. The first kappa shape index (κ1) is 30.0. The minimum atomic E-state index is -1.74. The predicted molar refractivity (Wildman–Crippen MR) is 152 cm³/mol. The summed E-state index contributed by atoms with van der Waals surface area (Å²) in [5.74, 6) is -1.69. The molecule has 41 heavy (non-hydrogen) atoms. The highest BCUT2D eigenvalue weighted by molar-refractivity contribution is 6.01. The zero-order valence-corrected chi connectivity index (χ0v) is 24.3. The number of ether oxygens (including phenoxy) is 4. The monoisotopic (exact) mass is 563 g/mol. The first-order valence-electron chi connectivity index (χ1n) is 13.7. The van der Waals surface area contributed by atoms with Gasteiger partial charge in [0, 0.05) is 39.0 Å². The molecule has 0 saturated heterocycles. The van der Waals surface area contributed by atoms with Crippen LogP contribution in [0.25, 0.3) is 6.08 Å². The number of allylic oxidation sites excluding steroid dienone is 1. The number of rotatable bonds is 7. The molecule has 1 heterocycles. The third-order valence-corrected chi connectivity index (χ3v) is 7.82. The Labute approximate surface area is 240 Å². The Balaban J connectivity index is 1.89. The summed E-state index contributed by atoms with van der Waals surface area (Å²) in [5.41, 5.74) is -0.266. The Morgan fingerprint density at radius 1 is 1.00 bits per heavy atom. The molecule has 9 heteroatoms. The van der Waals surface area contributed by atoms with Crippen molar-refractivity contribution in [2.24, 2.45) is 11.3 Å². The van der Waals surface area contributed by atoms with Gasteiger partial charge in [-0.2, -0.15) is 0 Å². The van der Waals surface area contributed by atoms with E-state index in [0.717, 1.165) is 19.3 Å². The smallest absolute Gasteiger partial charge is 0.308 e. The number of methoxy groups -OCH3 is 1. The number of hydrogen-bond donors (Lipinski definition) is 1. The average molecular weight is 564 g/mol. The fraction of sp³-hybridized carbons (Fsp3) is 0.438. The third kappa shape index (κ3) is 6.05. The van der Waals surface area contributed by atoms with E-state index in [1.165, 1.54) is 27.9 Å². The second-order valence-electron chi connectivity index (χ2n) is 11.2. The van der Waals surface area contributed by atoms with Gasteiger partial charge in [-0.1, -0.05) is 56.3 Å². The van der Waals surface area contributed by atoms with Crippen molar-refractivity contribution in [1.82, 2.24) is 0 Å². The van der Waals surface area contributed by atoms with E-state index in [0.29, 0.717) is 22.4 Å². The Morgan fingerprint density at radius 2 is 1.71 bits per heavy atom. The fourth-order valence-electron chi connectivity index (χ4n) is 6.17. The van der Waals surface area contributed by atoms with Gasteiger partial charge in [0.25, 0.3) is 5.91 Å². The first-order valence-corrected chi connectivity index (χ1v) is 13.7. The molecular weight excluding hydrogens is 526 g/mol. The van der Waals surface area contributed by atoms with Crippen LogP contribution in [-0.2, 0) is 39.0 Å². The Morgan fingerprint density at radius 3 is 2.29 bits per heavy atom. The van der Waals surface area contributed by atoms with Gasteiger partial charge in [0.2, 0.25) is 5.60 Å². The maximum Gasteiger partial charge on any atom is 0.308 e. The van der Waals surface area contributed by atoms with Crippen molar-refractivity contribution >= 4 is 35.6 Å². The molecule has 0 spiro atoms. The summed E-state index contributed by atoms with van der Waals surface area (Å²) in [6, 6.07) is 12.3. The number of hydrogen-bond acceptors (Lipinski definition) is 8. The van der Waals surface area contributed by atoms with Gasteiger partial charge in [-0.05, 0) is 42.7 Å². The summed E-state index contributed by atoms with van der Waals surface area (Å²) < 4.78 is 23.0. The van der Waals surface area contributed by atoms with Gasteiger partial charge in [0.05, 0.1) is 11.3 Å². The molecule has 1 saturated carbocycles. The average Bonchev–Trinajstić information content (AvgIpc) is 2.89. The molecule has 2 aliphatic rings. The predicted octanol–water partition coefficient (Wildman–Crippen LogP) is 5.16. The van der Waals surface area contributed by atoms with E-state index in [9.17, 15) is 19.2 Å². The highest BCUT2D eigenvalue weighted by Gasteiger charge is 2.56. The molecule has 0 unspecified atom stereocenters. The third-order valence-electron chi connectivity index (χ3n) is 7.82. The van der Waals surface area contributed by atoms with Gasteiger partial charge in [-0.3, -0.25) is 19.2 Å². The molecule has 2 aromatic carbocycles. The molecule has 0 bridgehead atoms. The van der Waals surface area contributed by atoms with Crippen LogP contribution < -0.4 is 10.1 Å². The summed E-state index contributed by atoms with van der Waals surface area (Å²) >= 11 is 0. The van der Waals surface area contributed by atoms with Gasteiger partial charge in [0.15, 0.2) is 6.10 Å². The Hall–Kier alpha value is -3.98. The van der Waals surface area contributed by atoms with Gasteiger partial charge >= 0.3 is 17.9 Å². The maximum atomic E-state index is 13.3. The van der Waals surface area contributed by atoms with Crippen molar-refractivity contribution in [3.8, 4) is 5.75 Å². The molecule has 0 aromatic heterocycles. The molecule has 1 amide bonds. The van der Waals surface area contributed by atoms with Crippen molar-refractivity contribution in [1.29, 1.82) is 0 Å². The number of fused-ring (bicyclic) bond motifs is 1. The van der Waals surface area contributed by atoms with E-state index in [2.05, 4.69) is 25.2 Å². The molecule has 1 aliphatic heterocycles. The second-order valence-corrected chi connectivity index (χ2v) is 11.2. The lowest BCUT2D eigenvalue weighted by Crippen LogP contribution is -2.55. The summed E-state index contributed by atoms with van der Waals surface area (Å²) in [6.07, 6.45) is 4.88. The number of benzene rings is 2. The highest BCUT2D eigenvalue weighted by atomic mass is 16.6. The van der Waals surface area contributed by atoms with Crippen LogP contribution in [-0.4, -0.2) is 43.1 Å². The number of anilines is 1. The first-order chi connectivity index (χ1) is 19.4. The van der Waals surface area contributed by atoms with E-state index in [1.807, 2.05) is 6.08 Å². The number of amides is 1. The molecule has 1 fully saturated rings. The highest BCUT2D eigenvalue weighted by Crippen LogP contribution is 2.51. The number of carbonyl (C=O) groups is 4. The summed E-state index contributed by atoms with van der Waals surface area (Å²) in [4.78, 5) is 49.9. The molecule has 9 nitrogen and oxygen atoms in total. The van der Waals surface area contributed by atoms with E-state index >= 15 is 0 Å². The molecule has 218 valence electrons. The quantitative estimate of drug-likeness (QED) is 0.363. The zero-order chi connectivity index (χ0) is 29.9. The van der Waals surface area contributed by atoms with Crippen LogP contribution >= 0.6 is 0 Å². The van der Waals surface area contributed by atoms with Crippen molar-refractivity contribution < 1.29 is 38.1 Å². The van der Waals surface area contributed by atoms with Gasteiger partial charge < -0.3 is 24.3 Å². The van der Waals surface area contributed by atoms with Gasteiger partial charge in [-0.25, -0.2) is 0 Å². The SMILES string of the molecule is CO[C@@H]1C(=O)Nc2ccc(/C=C/[C@]3(C)CC[C@H](OC(C)=O)[C@@H](C)C3)c(OC(C)=O)c2[C@@]1(OC(C)=O)c1ccccc1. The summed E-state index contributed by atoms with van der Waals surface area (Å²) in [6.45, 7) is 8.19. The lowest BCUT2D eigenvalue weighted by molar-refractivity contribution is -0.172. The summed E-state index contributed by atoms with van der Waals surface area (Å²) in [5, 5.41) is 2.83. The standard InChI is InChI=1S/C32H37NO8/c1-19-18-31(5,17-15-26(19)39-20(2)34)16-14-23-12-13-25-27(28(23)40-21(3)35)32(41-22(4)36,24-10-8-7-9-11-24)29(38-6)30(37)33-25/h7-14,16,19,26,29H,15,17-18H2,1-6H3,(H,33,37)/b16-14+/t19-,26-,29+,31+,32-/m0/s1. The van der Waals surface area contributed by atoms with Crippen LogP contribution in [0.2, 0.25) is 0 Å². The molecule has 1 N–H and O–H groups in total. The van der Waals surface area contributed by atoms with Gasteiger partial charge in [-0.15, -0.1) is 0 Å². The van der Waals surface area contributed by atoms with E-state index in [4.69, 9.17) is 18.9 Å². The van der Waals surface area contributed by atoms with Crippen LogP contribution in [0.15, 0.2) is 48.5 Å². The van der Waals surface area contributed by atoms with Crippen molar-refractivity contribution in [3.05, 3.63) is 65.2 Å². The molecule has 4 rings (SSSR count). The van der Waals surface area contributed by atoms with Gasteiger partial charge in [0.1, 0.15) is 11.9 Å². The molecule has 0 radical (unpaired) electrons. The number of nitrogens with one attached hydrogen (secondary N) is 1. The lowest BCUT2D eigenvalue weighted by atomic mass is 9.69. The Bertz CT molecular complexity index is 1370. The van der Waals surface area contributed by atoms with E-state index in [-0.39, 0.29) is 29.2 Å². The second kappa shape index (κ2) is 11.9. The minimum Gasteiger partial charge on any atom is -0.462 e. The number of esters is 3. The van der Waals surface area contributed by atoms with Crippen molar-refractivity contribution in [3.63, 3.8) is 0 Å². The van der Waals surface area contributed by atoms with Crippen LogP contribution in [0.3, 0.4) is 0 Å². The topological polar surface area (TPSA) is 117 Å². The minimum absolute atomic E-state index is 0.126. The molecular formula is C32H37NO8. The van der Waals surface area contributed by atoms with Crippen LogP contribution in [0, 0.1) is 11.3 Å². The van der Waals surface area contributed by atoms with Crippen LogP contribution in [0.4, 0.5) is 5.69 Å². The van der Waals surface area contributed by atoms with E-state index in [1.54, 1.807) is 42.5 Å². The zero-order valence-electron chi connectivity index (χ0n) is 24.3. The normalized spacial score (nSPS) is 27.5. The van der Waals surface area contributed by atoms with Crippen LogP contribution in [0.1, 0.15) is 70.6 Å². The molecule has 2 aromatic rings. The van der Waals surface area contributed by atoms with Crippen molar-refractivity contribution in [2.45, 2.75) is 71.7 Å². The largest absolute Gasteiger partial charge is 0.462 e. The van der Waals surface area contributed by atoms with Crippen LogP contribution in [0.5, 0.6) is 5.75 Å². The molecule has 5 atom stereocenters. The molecule has 1 aliphatic carbocycles. The maximum absolute atomic E-state index is 13.3. The van der Waals surface area contributed by atoms with E-state index < -0.39 is 29.6 Å². The Kier molecular flexibility index (Phi) is 8.68. The fourth-order valence-corrected chi connectivity index (χ4v) is 6.17.